The molecule has 2 heterocycles. The molecule has 0 unspecified atom stereocenters. The summed E-state index contributed by atoms with van der Waals surface area (Å²) in [6.07, 6.45) is 2.13. The molecule has 1 saturated heterocycles. The molecule has 0 spiro atoms. The lowest BCUT2D eigenvalue weighted by molar-refractivity contribution is -0.122. The number of carbonyl (C=O) groups excluding carboxylic acids is 2. The summed E-state index contributed by atoms with van der Waals surface area (Å²) < 4.78 is 24.7. The fourth-order valence-electron chi connectivity index (χ4n) is 3.60. The largest absolute Gasteiger partial charge is 0.273 e. The smallest absolute Gasteiger partial charge is 0.273 e. The van der Waals surface area contributed by atoms with E-state index < -0.39 is 21.7 Å². The van der Waals surface area contributed by atoms with E-state index in [4.69, 9.17) is 0 Å². The molecule has 2 amide bonds. The number of nitrogens with one attached hydrogen (secondary N) is 2. The third-order valence-electron chi connectivity index (χ3n) is 5.14. The summed E-state index contributed by atoms with van der Waals surface area (Å²) in [6, 6.07) is 18.7. The average Bonchev–Trinajstić information content (AvgIpc) is 3.37. The van der Waals surface area contributed by atoms with Gasteiger partial charge in [0.15, 0.2) is 9.84 Å². The van der Waals surface area contributed by atoms with Gasteiger partial charge in [-0.25, -0.2) is 13.1 Å². The van der Waals surface area contributed by atoms with Crippen molar-refractivity contribution in [1.82, 2.24) is 20.6 Å². The van der Waals surface area contributed by atoms with Gasteiger partial charge in [0.1, 0.15) is 5.69 Å². The molecule has 0 bridgehead atoms. The van der Waals surface area contributed by atoms with Crippen molar-refractivity contribution in [2.75, 3.05) is 11.5 Å². The molecular weight excluding hydrogens is 416 g/mol. The fraction of sp³-hybridized carbons (Fsp3) is 0.227. The predicted molar refractivity (Wildman–Crippen MR) is 116 cm³/mol. The first-order valence-electron chi connectivity index (χ1n) is 9.91. The Morgan fingerprint density at radius 2 is 1.68 bits per heavy atom. The first-order valence-corrected chi connectivity index (χ1v) is 11.7. The van der Waals surface area contributed by atoms with Crippen LogP contribution in [0.4, 0.5) is 0 Å². The molecule has 9 heteroatoms. The highest BCUT2D eigenvalue weighted by Crippen LogP contribution is 2.24. The standard InChI is InChI=1S/C22H22N4O4S/c27-20(13-16-11-12-31(29,30)15-16)23-24-22(28)19-14-26(18-9-5-2-6-10-18)25-21(19)17-7-3-1-4-8-17/h1-10,14,16H,11-13,15H2,(H,23,27)(H,24,28)/t16-/m0/s1. The minimum Gasteiger partial charge on any atom is -0.273 e. The van der Waals surface area contributed by atoms with Crippen molar-refractivity contribution in [3.63, 3.8) is 0 Å². The van der Waals surface area contributed by atoms with Crippen molar-refractivity contribution < 1.29 is 18.0 Å². The lowest BCUT2D eigenvalue weighted by Crippen LogP contribution is -2.42. The number of benzene rings is 2. The topological polar surface area (TPSA) is 110 Å². The molecule has 0 saturated carbocycles. The Labute approximate surface area is 180 Å². The van der Waals surface area contributed by atoms with Gasteiger partial charge in [-0.05, 0) is 24.5 Å². The summed E-state index contributed by atoms with van der Waals surface area (Å²) in [6.45, 7) is 0. The number of para-hydroxylation sites is 1. The van der Waals surface area contributed by atoms with Gasteiger partial charge < -0.3 is 0 Å². The minimum atomic E-state index is -3.05. The molecule has 1 fully saturated rings. The average molecular weight is 439 g/mol. The first kappa shape index (κ1) is 20.8. The van der Waals surface area contributed by atoms with E-state index in [1.165, 1.54) is 0 Å². The SMILES string of the molecule is O=C(C[C@@H]1CCS(=O)(=O)C1)NNC(=O)c1cn(-c2ccccc2)nc1-c1ccccc1. The molecule has 1 aliphatic heterocycles. The Hall–Kier alpha value is -3.46. The van der Waals surface area contributed by atoms with Crippen molar-refractivity contribution >= 4 is 21.7 Å². The van der Waals surface area contributed by atoms with Crippen molar-refractivity contribution in [1.29, 1.82) is 0 Å². The number of hydrogen-bond donors (Lipinski definition) is 2. The zero-order valence-corrected chi connectivity index (χ0v) is 17.5. The van der Waals surface area contributed by atoms with Gasteiger partial charge in [-0.1, -0.05) is 48.5 Å². The number of amides is 2. The maximum absolute atomic E-state index is 12.9. The maximum atomic E-state index is 12.9. The molecule has 2 aromatic carbocycles. The Kier molecular flexibility index (Phi) is 5.85. The Bertz CT molecular complexity index is 1190. The number of hydrazine groups is 1. The summed E-state index contributed by atoms with van der Waals surface area (Å²) in [5, 5.41) is 4.57. The molecule has 160 valence electrons. The zero-order chi connectivity index (χ0) is 21.8. The molecule has 0 radical (unpaired) electrons. The van der Waals surface area contributed by atoms with Gasteiger partial charge in [0.05, 0.1) is 22.8 Å². The number of sulfone groups is 1. The lowest BCUT2D eigenvalue weighted by Gasteiger charge is -2.10. The number of nitrogens with zero attached hydrogens (tertiary/aromatic N) is 2. The lowest BCUT2D eigenvalue weighted by atomic mass is 10.1. The predicted octanol–water partition coefficient (Wildman–Crippen LogP) is 2.13. The summed E-state index contributed by atoms with van der Waals surface area (Å²) in [5.74, 6) is -1.03. The molecule has 3 aromatic rings. The van der Waals surface area contributed by atoms with Crippen LogP contribution < -0.4 is 10.9 Å². The number of rotatable bonds is 5. The monoisotopic (exact) mass is 438 g/mol. The van der Waals surface area contributed by atoms with Crippen molar-refractivity contribution in [3.05, 3.63) is 72.4 Å². The third kappa shape index (κ3) is 5.00. The molecule has 31 heavy (non-hydrogen) atoms. The van der Waals surface area contributed by atoms with Gasteiger partial charge in [-0.2, -0.15) is 5.10 Å². The molecule has 4 rings (SSSR count). The van der Waals surface area contributed by atoms with Crippen LogP contribution in [0, 0.1) is 5.92 Å². The summed E-state index contributed by atoms with van der Waals surface area (Å²) in [4.78, 5) is 25.0. The Morgan fingerprint density at radius 1 is 1.00 bits per heavy atom. The number of aromatic nitrogens is 2. The van der Waals surface area contributed by atoms with Crippen LogP contribution in [0.1, 0.15) is 23.2 Å². The van der Waals surface area contributed by atoms with Crippen molar-refractivity contribution in [3.8, 4) is 16.9 Å². The van der Waals surface area contributed by atoms with E-state index in [9.17, 15) is 18.0 Å². The van der Waals surface area contributed by atoms with Crippen LogP contribution in [0.5, 0.6) is 0 Å². The highest BCUT2D eigenvalue weighted by molar-refractivity contribution is 7.91. The number of carbonyl (C=O) groups is 2. The molecule has 2 N–H and O–H groups in total. The van der Waals surface area contributed by atoms with E-state index in [0.717, 1.165) is 11.3 Å². The highest BCUT2D eigenvalue weighted by atomic mass is 32.2. The van der Waals surface area contributed by atoms with E-state index in [0.29, 0.717) is 17.7 Å². The van der Waals surface area contributed by atoms with Crippen molar-refractivity contribution in [2.24, 2.45) is 5.92 Å². The van der Waals surface area contributed by atoms with E-state index in [1.807, 2.05) is 60.7 Å². The minimum absolute atomic E-state index is 0.0103. The quantitative estimate of drug-likeness (QED) is 0.593. The van der Waals surface area contributed by atoms with Crippen LogP contribution in [-0.4, -0.2) is 41.5 Å². The fourth-order valence-corrected chi connectivity index (χ4v) is 5.46. The third-order valence-corrected chi connectivity index (χ3v) is 6.98. The second-order valence-corrected chi connectivity index (χ2v) is 9.74. The van der Waals surface area contributed by atoms with Crippen LogP contribution in [-0.2, 0) is 14.6 Å². The van der Waals surface area contributed by atoms with Crippen LogP contribution >= 0.6 is 0 Å². The van der Waals surface area contributed by atoms with Gasteiger partial charge in [-0.3, -0.25) is 20.4 Å². The highest BCUT2D eigenvalue weighted by Gasteiger charge is 2.29. The number of hydrogen-bond acceptors (Lipinski definition) is 5. The first-order chi connectivity index (χ1) is 14.9. The maximum Gasteiger partial charge on any atom is 0.273 e. The molecular formula is C22H22N4O4S. The molecule has 1 aromatic heterocycles. The van der Waals surface area contributed by atoms with E-state index >= 15 is 0 Å². The Morgan fingerprint density at radius 3 is 2.32 bits per heavy atom. The molecule has 1 atom stereocenters. The van der Waals surface area contributed by atoms with Gasteiger partial charge in [0.25, 0.3) is 5.91 Å². The molecule has 0 aliphatic carbocycles. The molecule has 1 aliphatic rings. The van der Waals surface area contributed by atoms with Crippen LogP contribution in [0.25, 0.3) is 16.9 Å². The Balaban J connectivity index is 1.50. The zero-order valence-electron chi connectivity index (χ0n) is 16.7. The summed E-state index contributed by atoms with van der Waals surface area (Å²) in [5.41, 5.74) is 7.17. The normalized spacial score (nSPS) is 17.2. The second-order valence-electron chi connectivity index (χ2n) is 7.51. The molecule has 8 nitrogen and oxygen atoms in total. The van der Waals surface area contributed by atoms with Crippen molar-refractivity contribution in [2.45, 2.75) is 12.8 Å². The van der Waals surface area contributed by atoms with E-state index in [1.54, 1.807) is 10.9 Å². The summed E-state index contributed by atoms with van der Waals surface area (Å²) >= 11 is 0. The van der Waals surface area contributed by atoms with E-state index in [2.05, 4.69) is 16.0 Å². The van der Waals surface area contributed by atoms with Crippen LogP contribution in [0.3, 0.4) is 0 Å². The van der Waals surface area contributed by atoms with Crippen LogP contribution in [0.15, 0.2) is 66.9 Å². The van der Waals surface area contributed by atoms with Gasteiger partial charge >= 0.3 is 0 Å². The van der Waals surface area contributed by atoms with Gasteiger partial charge in [0.2, 0.25) is 5.91 Å². The second kappa shape index (κ2) is 8.73. The van der Waals surface area contributed by atoms with E-state index in [-0.39, 0.29) is 23.8 Å². The summed E-state index contributed by atoms with van der Waals surface area (Å²) in [7, 11) is -3.05. The van der Waals surface area contributed by atoms with Gasteiger partial charge in [-0.15, -0.1) is 0 Å². The van der Waals surface area contributed by atoms with Gasteiger partial charge in [0, 0.05) is 18.2 Å². The van der Waals surface area contributed by atoms with Crippen LogP contribution in [0.2, 0.25) is 0 Å².